The smallest absolute Gasteiger partial charge is 0.0551 e. The van der Waals surface area contributed by atoms with Crippen LogP contribution >= 0.6 is 0 Å². The van der Waals surface area contributed by atoms with Gasteiger partial charge in [-0.25, -0.2) is 0 Å². The Morgan fingerprint density at radius 3 is 2.47 bits per heavy atom. The molecule has 94 valence electrons. The van der Waals surface area contributed by atoms with Gasteiger partial charge in [0, 0.05) is 0 Å². The van der Waals surface area contributed by atoms with Crippen molar-refractivity contribution in [3.63, 3.8) is 0 Å². The van der Waals surface area contributed by atoms with Gasteiger partial charge in [0.05, 0.1) is 17.4 Å². The van der Waals surface area contributed by atoms with Crippen LogP contribution in [0.25, 0.3) is 0 Å². The lowest BCUT2D eigenvalue weighted by atomic mass is 9.95. The highest BCUT2D eigenvalue weighted by Crippen LogP contribution is 2.26. The van der Waals surface area contributed by atoms with Gasteiger partial charge in [0.15, 0.2) is 0 Å². The van der Waals surface area contributed by atoms with E-state index in [2.05, 4.69) is 32.2 Å². The van der Waals surface area contributed by atoms with Crippen LogP contribution < -0.4 is 16.8 Å². The van der Waals surface area contributed by atoms with Gasteiger partial charge in [0.2, 0.25) is 0 Å². The van der Waals surface area contributed by atoms with Crippen LogP contribution in [0.5, 0.6) is 0 Å². The van der Waals surface area contributed by atoms with Crippen LogP contribution in [0.3, 0.4) is 0 Å². The number of hydrogen-bond acceptors (Lipinski definition) is 3. The second-order valence-corrected chi connectivity index (χ2v) is 4.59. The second kappa shape index (κ2) is 6.18. The molecular formula is C14H23N3. The number of allylic oxidation sites excluding steroid dienone is 1. The molecule has 0 aliphatic rings. The Kier molecular flexibility index (Phi) is 4.88. The predicted molar refractivity (Wildman–Crippen MR) is 75.4 cm³/mol. The van der Waals surface area contributed by atoms with Crippen LogP contribution in [0.2, 0.25) is 0 Å². The molecule has 5 N–H and O–H groups in total. The lowest BCUT2D eigenvalue weighted by Gasteiger charge is -2.22. The summed E-state index contributed by atoms with van der Waals surface area (Å²) >= 11 is 0. The summed E-state index contributed by atoms with van der Waals surface area (Å²) in [6, 6.07) is 6.11. The van der Waals surface area contributed by atoms with E-state index in [1.54, 1.807) is 0 Å². The summed E-state index contributed by atoms with van der Waals surface area (Å²) in [5, 5.41) is 3.41. The van der Waals surface area contributed by atoms with E-state index in [4.69, 9.17) is 11.5 Å². The maximum atomic E-state index is 5.84. The molecule has 1 aromatic carbocycles. The summed E-state index contributed by atoms with van der Waals surface area (Å²) in [7, 11) is 0. The van der Waals surface area contributed by atoms with Crippen molar-refractivity contribution in [2.75, 3.05) is 11.5 Å². The number of nitrogens with two attached hydrogens (primary N) is 2. The van der Waals surface area contributed by atoms with Crippen molar-refractivity contribution < 1.29 is 0 Å². The highest BCUT2D eigenvalue weighted by Gasteiger charge is 2.14. The quantitative estimate of drug-likeness (QED) is 0.685. The Balaban J connectivity index is 2.89. The Morgan fingerprint density at radius 1 is 1.24 bits per heavy atom. The van der Waals surface area contributed by atoms with Gasteiger partial charge in [-0.2, -0.15) is 0 Å². The van der Waals surface area contributed by atoms with E-state index in [0.29, 0.717) is 17.3 Å². The van der Waals surface area contributed by atoms with Gasteiger partial charge in [-0.1, -0.05) is 32.9 Å². The zero-order chi connectivity index (χ0) is 12.8. The topological polar surface area (TPSA) is 64.1 Å². The summed E-state index contributed by atoms with van der Waals surface area (Å²) in [5.41, 5.74) is 14.0. The normalized spacial score (nSPS) is 13.2. The molecule has 0 spiro atoms. The third-order valence-electron chi connectivity index (χ3n) is 2.77. The number of rotatable bonds is 5. The van der Waals surface area contributed by atoms with E-state index in [9.17, 15) is 0 Å². The summed E-state index contributed by atoms with van der Waals surface area (Å²) in [6.45, 7) is 6.48. The van der Waals surface area contributed by atoms with E-state index >= 15 is 0 Å². The monoisotopic (exact) mass is 233 g/mol. The Bertz CT molecular complexity index is 383. The Labute approximate surface area is 104 Å². The second-order valence-electron chi connectivity index (χ2n) is 4.59. The molecule has 1 atom stereocenters. The van der Waals surface area contributed by atoms with E-state index in [0.717, 1.165) is 6.42 Å². The predicted octanol–water partition coefficient (Wildman–Crippen LogP) is 3.06. The van der Waals surface area contributed by atoms with Gasteiger partial charge in [0.1, 0.15) is 0 Å². The van der Waals surface area contributed by atoms with E-state index in [1.807, 2.05) is 24.4 Å². The molecule has 3 heteroatoms. The molecule has 1 rings (SSSR count). The minimum atomic E-state index is 0.265. The molecule has 0 saturated heterocycles. The zero-order valence-electron chi connectivity index (χ0n) is 10.9. The zero-order valence-corrected chi connectivity index (χ0v) is 10.9. The van der Waals surface area contributed by atoms with Crippen LogP contribution in [0.1, 0.15) is 38.8 Å². The molecule has 17 heavy (non-hydrogen) atoms. The molecule has 1 unspecified atom stereocenters. The van der Waals surface area contributed by atoms with Gasteiger partial charge in [-0.05, 0) is 36.2 Å². The van der Waals surface area contributed by atoms with Gasteiger partial charge in [-0.3, -0.25) is 0 Å². The molecule has 0 amide bonds. The summed E-state index contributed by atoms with van der Waals surface area (Å²) in [4.78, 5) is 0. The van der Waals surface area contributed by atoms with Crippen molar-refractivity contribution in [1.29, 1.82) is 0 Å². The maximum Gasteiger partial charge on any atom is 0.0551 e. The van der Waals surface area contributed by atoms with Crippen LogP contribution in [-0.4, -0.2) is 0 Å². The highest BCUT2D eigenvalue weighted by atomic mass is 14.9. The molecule has 0 aliphatic heterocycles. The van der Waals surface area contributed by atoms with Crippen molar-refractivity contribution in [1.82, 2.24) is 5.32 Å². The largest absolute Gasteiger partial charge is 0.397 e. The minimum Gasteiger partial charge on any atom is -0.397 e. The van der Waals surface area contributed by atoms with Crippen LogP contribution in [0, 0.1) is 5.92 Å². The van der Waals surface area contributed by atoms with Gasteiger partial charge in [-0.15, -0.1) is 0 Å². The summed E-state index contributed by atoms with van der Waals surface area (Å²) < 4.78 is 0. The number of nitrogens with one attached hydrogen (secondary N) is 1. The lowest BCUT2D eigenvalue weighted by molar-refractivity contribution is 0.458. The van der Waals surface area contributed by atoms with Crippen molar-refractivity contribution in [2.45, 2.75) is 33.2 Å². The molecule has 0 bridgehead atoms. The van der Waals surface area contributed by atoms with E-state index in [-0.39, 0.29) is 6.04 Å². The third-order valence-corrected chi connectivity index (χ3v) is 2.77. The van der Waals surface area contributed by atoms with Crippen molar-refractivity contribution >= 4 is 11.4 Å². The fourth-order valence-corrected chi connectivity index (χ4v) is 1.75. The van der Waals surface area contributed by atoms with Crippen molar-refractivity contribution in [3.05, 3.63) is 36.0 Å². The number of nitrogen functional groups attached to an aromatic ring is 2. The first-order valence-corrected chi connectivity index (χ1v) is 6.12. The molecule has 0 aromatic heterocycles. The molecule has 0 radical (unpaired) electrons. The first-order valence-electron chi connectivity index (χ1n) is 6.12. The van der Waals surface area contributed by atoms with Crippen molar-refractivity contribution in [3.8, 4) is 0 Å². The molecule has 1 aromatic rings. The van der Waals surface area contributed by atoms with Crippen molar-refractivity contribution in [2.24, 2.45) is 5.92 Å². The summed E-state index contributed by atoms with van der Waals surface area (Å²) in [5.74, 6) is 0.486. The standard InChI is InChI=1S/C14H23N3/c1-4-5-8-17-14(10(2)3)11-6-7-12(15)13(16)9-11/h5-10,14,17H,4,15-16H2,1-3H3. The first-order chi connectivity index (χ1) is 8.06. The van der Waals surface area contributed by atoms with Crippen LogP contribution in [-0.2, 0) is 0 Å². The molecular weight excluding hydrogens is 210 g/mol. The minimum absolute atomic E-state index is 0.265. The summed E-state index contributed by atoms with van der Waals surface area (Å²) in [6.07, 6.45) is 5.15. The van der Waals surface area contributed by atoms with Gasteiger partial charge >= 0.3 is 0 Å². The average molecular weight is 233 g/mol. The molecule has 0 heterocycles. The fraction of sp³-hybridized carbons (Fsp3) is 0.429. The Hall–Kier alpha value is -1.64. The third kappa shape index (κ3) is 3.70. The van der Waals surface area contributed by atoms with Gasteiger partial charge < -0.3 is 16.8 Å². The van der Waals surface area contributed by atoms with Crippen LogP contribution in [0.15, 0.2) is 30.5 Å². The molecule has 0 fully saturated rings. The number of hydrogen-bond donors (Lipinski definition) is 3. The molecule has 0 saturated carbocycles. The first kappa shape index (κ1) is 13.4. The molecule has 0 aliphatic carbocycles. The SMILES string of the molecule is CCC=CNC(c1ccc(N)c(N)c1)C(C)C. The number of benzene rings is 1. The Morgan fingerprint density at radius 2 is 1.94 bits per heavy atom. The van der Waals surface area contributed by atoms with E-state index in [1.165, 1.54) is 5.56 Å². The van der Waals surface area contributed by atoms with Gasteiger partial charge in [0.25, 0.3) is 0 Å². The molecule has 3 nitrogen and oxygen atoms in total. The fourth-order valence-electron chi connectivity index (χ4n) is 1.75. The average Bonchev–Trinajstić information content (AvgIpc) is 2.28. The highest BCUT2D eigenvalue weighted by molar-refractivity contribution is 5.64. The maximum absolute atomic E-state index is 5.84. The van der Waals surface area contributed by atoms with Crippen LogP contribution in [0.4, 0.5) is 11.4 Å². The van der Waals surface area contributed by atoms with E-state index < -0.39 is 0 Å². The number of anilines is 2. The lowest BCUT2D eigenvalue weighted by Crippen LogP contribution is -2.21.